The first-order valence-electron chi connectivity index (χ1n) is 11.1. The predicted molar refractivity (Wildman–Crippen MR) is 123 cm³/mol. The Morgan fingerprint density at radius 2 is 1.40 bits per heavy atom. The van der Waals surface area contributed by atoms with Crippen molar-refractivity contribution in [1.82, 2.24) is 4.90 Å². The molecular weight excluding hydrogens is 368 g/mol. The molecule has 154 valence electrons. The summed E-state index contributed by atoms with van der Waals surface area (Å²) in [7, 11) is 0. The zero-order valence-electron chi connectivity index (χ0n) is 17.5. The molecule has 0 aliphatic carbocycles. The molecular formula is C27H30N2O. The van der Waals surface area contributed by atoms with Gasteiger partial charge in [0.05, 0.1) is 13.2 Å². The number of hydrogen-bond donors (Lipinski definition) is 0. The lowest BCUT2D eigenvalue weighted by Crippen LogP contribution is -2.48. The van der Waals surface area contributed by atoms with Crippen LogP contribution in [0.25, 0.3) is 0 Å². The molecule has 0 saturated carbocycles. The van der Waals surface area contributed by atoms with Crippen molar-refractivity contribution in [2.24, 2.45) is 0 Å². The van der Waals surface area contributed by atoms with Gasteiger partial charge in [-0.15, -0.1) is 0 Å². The van der Waals surface area contributed by atoms with Crippen LogP contribution in [0, 0.1) is 0 Å². The minimum Gasteiger partial charge on any atom is -0.375 e. The van der Waals surface area contributed by atoms with E-state index in [0.717, 1.165) is 52.4 Å². The second-order valence-electron chi connectivity index (χ2n) is 8.51. The number of benzene rings is 3. The van der Waals surface area contributed by atoms with Gasteiger partial charge in [-0.05, 0) is 41.8 Å². The van der Waals surface area contributed by atoms with Crippen LogP contribution in [0.15, 0.2) is 84.9 Å². The van der Waals surface area contributed by atoms with Crippen LogP contribution >= 0.6 is 0 Å². The molecule has 5 rings (SSSR count). The molecule has 1 atom stereocenters. The Balaban J connectivity index is 1.33. The molecule has 1 saturated heterocycles. The summed E-state index contributed by atoms with van der Waals surface area (Å²) in [5.74, 6) is 0. The van der Waals surface area contributed by atoms with Crippen LogP contribution in [-0.2, 0) is 16.8 Å². The summed E-state index contributed by atoms with van der Waals surface area (Å²) in [4.78, 5) is 5.13. The Labute approximate surface area is 179 Å². The Morgan fingerprint density at radius 3 is 2.17 bits per heavy atom. The molecule has 3 aromatic rings. The summed E-state index contributed by atoms with van der Waals surface area (Å²) in [6, 6.07) is 30.6. The Bertz CT molecular complexity index is 951. The average molecular weight is 399 g/mol. The SMILES string of the molecule is c1ccc(N2CCN(CCC3(c4ccccc4)COCc4ccccc43)CC2)cc1. The largest absolute Gasteiger partial charge is 0.375 e. The van der Waals surface area contributed by atoms with Crippen molar-refractivity contribution >= 4 is 5.69 Å². The maximum Gasteiger partial charge on any atom is 0.0720 e. The van der Waals surface area contributed by atoms with Gasteiger partial charge in [0.25, 0.3) is 0 Å². The number of fused-ring (bicyclic) bond motifs is 1. The molecule has 3 heteroatoms. The van der Waals surface area contributed by atoms with E-state index in [1.807, 2.05) is 0 Å². The molecule has 0 spiro atoms. The fourth-order valence-electron chi connectivity index (χ4n) is 5.09. The van der Waals surface area contributed by atoms with Gasteiger partial charge in [-0.2, -0.15) is 0 Å². The van der Waals surface area contributed by atoms with E-state index < -0.39 is 0 Å². The third-order valence-corrected chi connectivity index (χ3v) is 6.81. The highest BCUT2D eigenvalue weighted by Crippen LogP contribution is 2.41. The van der Waals surface area contributed by atoms with Crippen LogP contribution in [0.4, 0.5) is 5.69 Å². The van der Waals surface area contributed by atoms with Crippen molar-refractivity contribution in [1.29, 1.82) is 0 Å². The summed E-state index contributed by atoms with van der Waals surface area (Å²) >= 11 is 0. The quantitative estimate of drug-likeness (QED) is 0.619. The van der Waals surface area contributed by atoms with Gasteiger partial charge in [0.2, 0.25) is 0 Å². The number of rotatable bonds is 5. The minimum atomic E-state index is -0.0628. The molecule has 3 nitrogen and oxygen atoms in total. The van der Waals surface area contributed by atoms with E-state index in [9.17, 15) is 0 Å². The molecule has 0 amide bonds. The molecule has 1 unspecified atom stereocenters. The van der Waals surface area contributed by atoms with E-state index in [1.165, 1.54) is 22.4 Å². The van der Waals surface area contributed by atoms with Crippen LogP contribution in [0.3, 0.4) is 0 Å². The molecule has 2 heterocycles. The molecule has 0 bridgehead atoms. The van der Waals surface area contributed by atoms with Crippen LogP contribution in [-0.4, -0.2) is 44.2 Å². The fraction of sp³-hybridized carbons (Fsp3) is 0.333. The van der Waals surface area contributed by atoms with Gasteiger partial charge >= 0.3 is 0 Å². The minimum absolute atomic E-state index is 0.0628. The molecule has 0 aromatic heterocycles. The van der Waals surface area contributed by atoms with E-state index in [4.69, 9.17) is 4.74 Å². The first-order chi connectivity index (χ1) is 14.9. The predicted octanol–water partition coefficient (Wildman–Crippen LogP) is 4.72. The summed E-state index contributed by atoms with van der Waals surface area (Å²) in [6.07, 6.45) is 1.08. The topological polar surface area (TPSA) is 15.7 Å². The van der Waals surface area contributed by atoms with Crippen LogP contribution in [0.5, 0.6) is 0 Å². The zero-order chi connectivity index (χ0) is 20.2. The fourth-order valence-corrected chi connectivity index (χ4v) is 5.09. The number of piperazine rings is 1. The number of hydrogen-bond acceptors (Lipinski definition) is 3. The summed E-state index contributed by atoms with van der Waals surface area (Å²) in [5.41, 5.74) is 5.44. The number of anilines is 1. The molecule has 0 radical (unpaired) electrons. The normalized spacial score (nSPS) is 21.9. The highest BCUT2D eigenvalue weighted by molar-refractivity contribution is 5.47. The molecule has 2 aliphatic heterocycles. The second kappa shape index (κ2) is 8.63. The number of nitrogens with zero attached hydrogens (tertiary/aromatic N) is 2. The smallest absolute Gasteiger partial charge is 0.0720 e. The van der Waals surface area contributed by atoms with Gasteiger partial charge in [-0.3, -0.25) is 4.90 Å². The summed E-state index contributed by atoms with van der Waals surface area (Å²) < 4.78 is 6.15. The monoisotopic (exact) mass is 398 g/mol. The lowest BCUT2D eigenvalue weighted by atomic mass is 9.70. The standard InChI is InChI=1S/C27H30N2O/c1-3-10-24(11-4-1)27(22-30-21-23-9-7-8-14-26(23)27)15-16-28-17-19-29(20-18-28)25-12-5-2-6-13-25/h1-14H,15-22H2. The Hall–Kier alpha value is -2.62. The van der Waals surface area contributed by atoms with Gasteiger partial charge in [0.15, 0.2) is 0 Å². The van der Waals surface area contributed by atoms with Crippen molar-refractivity contribution < 1.29 is 4.74 Å². The van der Waals surface area contributed by atoms with Crippen LogP contribution < -0.4 is 4.90 Å². The Kier molecular flexibility index (Phi) is 5.56. The van der Waals surface area contributed by atoms with Gasteiger partial charge in [0, 0.05) is 37.3 Å². The zero-order valence-corrected chi connectivity index (χ0v) is 17.5. The summed E-state index contributed by atoms with van der Waals surface area (Å²) in [6.45, 7) is 6.99. The van der Waals surface area contributed by atoms with Crippen molar-refractivity contribution in [2.75, 3.05) is 44.2 Å². The third-order valence-electron chi connectivity index (χ3n) is 6.81. The van der Waals surface area contributed by atoms with E-state index in [0.29, 0.717) is 0 Å². The van der Waals surface area contributed by atoms with Crippen molar-refractivity contribution in [3.8, 4) is 0 Å². The maximum absolute atomic E-state index is 6.15. The molecule has 2 aliphatic rings. The van der Waals surface area contributed by atoms with Crippen molar-refractivity contribution in [3.63, 3.8) is 0 Å². The maximum atomic E-state index is 6.15. The van der Waals surface area contributed by atoms with Crippen molar-refractivity contribution in [3.05, 3.63) is 102 Å². The third kappa shape index (κ3) is 3.76. The molecule has 0 N–H and O–H groups in total. The second-order valence-corrected chi connectivity index (χ2v) is 8.51. The number of para-hydroxylation sites is 1. The van der Waals surface area contributed by atoms with Gasteiger partial charge in [0.1, 0.15) is 0 Å². The van der Waals surface area contributed by atoms with Gasteiger partial charge < -0.3 is 9.64 Å². The highest BCUT2D eigenvalue weighted by Gasteiger charge is 2.39. The van der Waals surface area contributed by atoms with E-state index in [1.54, 1.807) is 0 Å². The Morgan fingerprint density at radius 1 is 0.733 bits per heavy atom. The van der Waals surface area contributed by atoms with E-state index in [2.05, 4.69) is 94.7 Å². The average Bonchev–Trinajstić information content (AvgIpc) is 2.84. The van der Waals surface area contributed by atoms with E-state index in [-0.39, 0.29) is 5.41 Å². The van der Waals surface area contributed by atoms with E-state index >= 15 is 0 Å². The lowest BCUT2D eigenvalue weighted by Gasteiger charge is -2.42. The molecule has 1 fully saturated rings. The first kappa shape index (κ1) is 19.3. The number of ether oxygens (including phenoxy) is 1. The van der Waals surface area contributed by atoms with Crippen molar-refractivity contribution in [2.45, 2.75) is 18.4 Å². The lowest BCUT2D eigenvalue weighted by molar-refractivity contribution is 0.0572. The van der Waals surface area contributed by atoms with Crippen LogP contribution in [0.1, 0.15) is 23.1 Å². The molecule has 30 heavy (non-hydrogen) atoms. The van der Waals surface area contributed by atoms with Gasteiger partial charge in [-0.1, -0.05) is 72.8 Å². The first-order valence-corrected chi connectivity index (χ1v) is 11.1. The summed E-state index contributed by atoms with van der Waals surface area (Å²) in [5, 5.41) is 0. The highest BCUT2D eigenvalue weighted by atomic mass is 16.5. The van der Waals surface area contributed by atoms with Crippen LogP contribution in [0.2, 0.25) is 0 Å². The van der Waals surface area contributed by atoms with Gasteiger partial charge in [-0.25, -0.2) is 0 Å². The molecule has 3 aromatic carbocycles.